The van der Waals surface area contributed by atoms with E-state index in [4.69, 9.17) is 9.72 Å². The summed E-state index contributed by atoms with van der Waals surface area (Å²) in [5.74, 6) is 2.28. The van der Waals surface area contributed by atoms with Crippen LogP contribution < -0.4 is 4.74 Å². The normalized spacial score (nSPS) is 13.6. The molecule has 3 aromatic carbocycles. The summed E-state index contributed by atoms with van der Waals surface area (Å²) >= 11 is 0. The van der Waals surface area contributed by atoms with Crippen LogP contribution >= 0.6 is 0 Å². The third-order valence-corrected chi connectivity index (χ3v) is 4.55. The molecule has 0 amide bonds. The minimum absolute atomic E-state index is 0.713. The van der Waals surface area contributed by atoms with Gasteiger partial charge in [0.1, 0.15) is 11.5 Å². The molecule has 4 aromatic rings. The molecular formula is C24H16N2O. The maximum atomic E-state index is 6.19. The minimum atomic E-state index is 0.713. The predicted octanol–water partition coefficient (Wildman–Crippen LogP) is 5.70. The van der Waals surface area contributed by atoms with Crippen molar-refractivity contribution in [2.45, 2.75) is 0 Å². The summed E-state index contributed by atoms with van der Waals surface area (Å²) in [6, 6.07) is 28.1. The lowest BCUT2D eigenvalue weighted by Gasteiger charge is -2.22. The van der Waals surface area contributed by atoms with Gasteiger partial charge in [0.05, 0.1) is 11.3 Å². The summed E-state index contributed by atoms with van der Waals surface area (Å²) in [7, 11) is 0. The van der Waals surface area contributed by atoms with Crippen LogP contribution in [0.5, 0.6) is 5.75 Å². The smallest absolute Gasteiger partial charge is 0.159 e. The fourth-order valence-electron chi connectivity index (χ4n) is 3.23. The van der Waals surface area contributed by atoms with Gasteiger partial charge >= 0.3 is 0 Å². The molecule has 0 saturated carbocycles. The Morgan fingerprint density at radius 2 is 1.41 bits per heavy atom. The minimum Gasteiger partial charge on any atom is -0.456 e. The van der Waals surface area contributed by atoms with E-state index in [1.54, 1.807) is 0 Å². The molecule has 3 nitrogen and oxygen atoms in total. The molecule has 1 aromatic heterocycles. The Morgan fingerprint density at radius 1 is 0.704 bits per heavy atom. The molecule has 128 valence electrons. The van der Waals surface area contributed by atoms with Crippen molar-refractivity contribution in [3.8, 4) is 28.4 Å². The summed E-state index contributed by atoms with van der Waals surface area (Å²) in [6.45, 7) is 0. The monoisotopic (exact) mass is 348 g/mol. The van der Waals surface area contributed by atoms with E-state index in [-0.39, 0.29) is 0 Å². The Hall–Kier alpha value is -3.72. The fourth-order valence-corrected chi connectivity index (χ4v) is 3.23. The Morgan fingerprint density at radius 3 is 2.22 bits per heavy atom. The molecule has 5 rings (SSSR count). The SMILES string of the molecule is C(=C1/Oc2ccccc2-c2nc(-c3ccccc3)ncc21)/c1ccccc1. The third kappa shape index (κ3) is 2.89. The van der Waals surface area contributed by atoms with Crippen molar-refractivity contribution in [2.24, 2.45) is 0 Å². The Bertz CT molecular complexity index is 1140. The number of para-hydroxylation sites is 1. The van der Waals surface area contributed by atoms with Crippen molar-refractivity contribution in [3.05, 3.63) is 102 Å². The first-order chi connectivity index (χ1) is 13.4. The lowest BCUT2D eigenvalue weighted by Crippen LogP contribution is -2.08. The summed E-state index contributed by atoms with van der Waals surface area (Å²) < 4.78 is 6.19. The van der Waals surface area contributed by atoms with Crippen molar-refractivity contribution in [3.63, 3.8) is 0 Å². The quantitative estimate of drug-likeness (QED) is 0.466. The second-order valence-corrected chi connectivity index (χ2v) is 6.34. The zero-order chi connectivity index (χ0) is 18.1. The van der Waals surface area contributed by atoms with Crippen LogP contribution in [0.4, 0.5) is 0 Å². The van der Waals surface area contributed by atoms with E-state index in [1.165, 1.54) is 0 Å². The van der Waals surface area contributed by atoms with E-state index in [9.17, 15) is 0 Å². The van der Waals surface area contributed by atoms with Gasteiger partial charge in [0.15, 0.2) is 5.82 Å². The molecule has 3 heteroatoms. The molecule has 0 spiro atoms. The highest BCUT2D eigenvalue weighted by molar-refractivity contribution is 5.90. The number of rotatable bonds is 2. The number of aromatic nitrogens is 2. The zero-order valence-corrected chi connectivity index (χ0v) is 14.5. The lowest BCUT2D eigenvalue weighted by molar-refractivity contribution is 0.513. The summed E-state index contributed by atoms with van der Waals surface area (Å²) in [6.07, 6.45) is 3.88. The van der Waals surface area contributed by atoms with Crippen molar-refractivity contribution in [1.82, 2.24) is 9.97 Å². The molecule has 0 aliphatic carbocycles. The third-order valence-electron chi connectivity index (χ3n) is 4.55. The van der Waals surface area contributed by atoms with E-state index >= 15 is 0 Å². The molecule has 0 atom stereocenters. The highest BCUT2D eigenvalue weighted by Crippen LogP contribution is 2.41. The highest BCUT2D eigenvalue weighted by atomic mass is 16.5. The van der Waals surface area contributed by atoms with Crippen molar-refractivity contribution in [2.75, 3.05) is 0 Å². The highest BCUT2D eigenvalue weighted by Gasteiger charge is 2.24. The van der Waals surface area contributed by atoms with E-state index in [0.717, 1.165) is 39.5 Å². The van der Waals surface area contributed by atoms with Gasteiger partial charge in [0.25, 0.3) is 0 Å². The molecular weight excluding hydrogens is 332 g/mol. The standard InChI is InChI=1S/C24H16N2O/c1-3-9-17(10-4-1)15-22-20-16-25-24(18-11-5-2-6-12-18)26-23(20)19-13-7-8-14-21(19)27-22/h1-16H/b22-15-. The predicted molar refractivity (Wildman–Crippen MR) is 108 cm³/mol. The van der Waals surface area contributed by atoms with Crippen LogP contribution in [0.2, 0.25) is 0 Å². The van der Waals surface area contributed by atoms with Crippen LogP contribution in [0.15, 0.2) is 91.1 Å². The Kier molecular flexibility index (Phi) is 3.76. The molecule has 0 N–H and O–H groups in total. The van der Waals surface area contributed by atoms with Crippen LogP contribution in [-0.4, -0.2) is 9.97 Å². The van der Waals surface area contributed by atoms with Crippen LogP contribution in [-0.2, 0) is 0 Å². The van der Waals surface area contributed by atoms with E-state index < -0.39 is 0 Å². The van der Waals surface area contributed by atoms with Gasteiger partial charge in [-0.05, 0) is 23.8 Å². The van der Waals surface area contributed by atoms with Crippen molar-refractivity contribution >= 4 is 11.8 Å². The first-order valence-corrected chi connectivity index (χ1v) is 8.85. The number of hydrogen-bond acceptors (Lipinski definition) is 3. The molecule has 0 saturated heterocycles. The maximum absolute atomic E-state index is 6.19. The van der Waals surface area contributed by atoms with Gasteiger partial charge in [-0.15, -0.1) is 0 Å². The second kappa shape index (κ2) is 6.54. The molecule has 0 fully saturated rings. The number of nitrogens with zero attached hydrogens (tertiary/aromatic N) is 2. The van der Waals surface area contributed by atoms with Gasteiger partial charge in [-0.1, -0.05) is 72.8 Å². The second-order valence-electron chi connectivity index (χ2n) is 6.34. The topological polar surface area (TPSA) is 35.0 Å². The number of fused-ring (bicyclic) bond motifs is 3. The van der Waals surface area contributed by atoms with Crippen LogP contribution in [0.3, 0.4) is 0 Å². The first kappa shape index (κ1) is 15.5. The number of benzene rings is 3. The zero-order valence-electron chi connectivity index (χ0n) is 14.5. The molecule has 0 unspecified atom stereocenters. The van der Waals surface area contributed by atoms with Gasteiger partial charge in [-0.3, -0.25) is 0 Å². The molecule has 1 aliphatic rings. The van der Waals surface area contributed by atoms with Gasteiger partial charge in [0, 0.05) is 17.3 Å². The van der Waals surface area contributed by atoms with E-state index in [0.29, 0.717) is 5.82 Å². The molecule has 2 heterocycles. The van der Waals surface area contributed by atoms with Crippen LogP contribution in [0, 0.1) is 0 Å². The molecule has 1 aliphatic heterocycles. The number of hydrogen-bond donors (Lipinski definition) is 0. The molecule has 27 heavy (non-hydrogen) atoms. The maximum Gasteiger partial charge on any atom is 0.159 e. The Balaban J connectivity index is 1.70. The van der Waals surface area contributed by atoms with Gasteiger partial charge in [0.2, 0.25) is 0 Å². The van der Waals surface area contributed by atoms with E-state index in [2.05, 4.69) is 17.1 Å². The van der Waals surface area contributed by atoms with Crippen molar-refractivity contribution < 1.29 is 4.74 Å². The summed E-state index contributed by atoms with van der Waals surface area (Å²) in [5, 5.41) is 0. The Labute approximate surface area is 157 Å². The number of ether oxygens (including phenoxy) is 1. The lowest BCUT2D eigenvalue weighted by atomic mass is 10.00. The van der Waals surface area contributed by atoms with E-state index in [1.807, 2.05) is 85.1 Å². The first-order valence-electron chi connectivity index (χ1n) is 8.85. The van der Waals surface area contributed by atoms with Gasteiger partial charge in [-0.2, -0.15) is 0 Å². The largest absolute Gasteiger partial charge is 0.456 e. The van der Waals surface area contributed by atoms with Crippen LogP contribution in [0.25, 0.3) is 34.5 Å². The summed E-state index contributed by atoms with van der Waals surface area (Å²) in [5.41, 5.74) is 4.85. The van der Waals surface area contributed by atoms with Gasteiger partial charge in [-0.25, -0.2) is 9.97 Å². The van der Waals surface area contributed by atoms with Crippen molar-refractivity contribution in [1.29, 1.82) is 0 Å². The van der Waals surface area contributed by atoms with Gasteiger partial charge < -0.3 is 4.74 Å². The fraction of sp³-hybridized carbons (Fsp3) is 0. The average molecular weight is 348 g/mol. The molecule has 0 bridgehead atoms. The van der Waals surface area contributed by atoms with Crippen LogP contribution in [0.1, 0.15) is 11.1 Å². The summed E-state index contributed by atoms with van der Waals surface area (Å²) in [4.78, 5) is 9.48. The molecule has 0 radical (unpaired) electrons. The average Bonchev–Trinajstić information content (AvgIpc) is 2.75.